The van der Waals surface area contributed by atoms with Crippen LogP contribution in [0.25, 0.3) is 0 Å². The van der Waals surface area contributed by atoms with E-state index in [4.69, 9.17) is 4.74 Å². The number of carbonyl (C=O) groups is 3. The minimum absolute atomic E-state index is 0.0143. The van der Waals surface area contributed by atoms with Crippen molar-refractivity contribution in [2.45, 2.75) is 83.1 Å². The van der Waals surface area contributed by atoms with Crippen molar-refractivity contribution in [1.29, 1.82) is 0 Å². The largest absolute Gasteiger partial charge is 0.480 e. The predicted octanol–water partition coefficient (Wildman–Crippen LogP) is 2.06. The third kappa shape index (κ3) is 7.99. The summed E-state index contributed by atoms with van der Waals surface area (Å²) in [5.41, 5.74) is -0.713. The van der Waals surface area contributed by atoms with Crippen molar-refractivity contribution in [3.05, 3.63) is 12.7 Å². The topological polar surface area (TPSA) is 116 Å². The molecule has 27 heavy (non-hydrogen) atoms. The van der Waals surface area contributed by atoms with Crippen LogP contribution < -0.4 is 5.32 Å². The Labute approximate surface area is 160 Å². The van der Waals surface area contributed by atoms with Gasteiger partial charge in [0.25, 0.3) is 0 Å². The second kappa shape index (κ2) is 10.3. The van der Waals surface area contributed by atoms with E-state index in [-0.39, 0.29) is 13.0 Å². The molecule has 0 radical (unpaired) electrons. The van der Waals surface area contributed by atoms with E-state index < -0.39 is 41.8 Å². The fraction of sp³-hybridized carbons (Fsp3) is 0.737. The monoisotopic (exact) mass is 384 g/mol. The van der Waals surface area contributed by atoms with Crippen molar-refractivity contribution in [2.24, 2.45) is 0 Å². The number of carbonyl (C=O) groups excluding carboxylic acids is 2. The van der Waals surface area contributed by atoms with Crippen molar-refractivity contribution in [2.75, 3.05) is 6.54 Å². The first-order chi connectivity index (χ1) is 12.5. The number of aliphatic carboxylic acids is 1. The Balaban J connectivity index is 2.81. The van der Waals surface area contributed by atoms with Gasteiger partial charge in [0.15, 0.2) is 0 Å². The highest BCUT2D eigenvalue weighted by atomic mass is 16.6. The standard InChI is InChI=1S/C19H32N2O6/c1-5-6-7-8-9-10-14(20-18(26)27-19(2,3)4)16(23)21-12-13(22)11-15(21)17(24)25/h5,13-15,22H,1,6-12H2,2-4H3,(H,20,26)(H,24,25)/t13-,14+,15?/m1/s1. The number of carboxylic acid groups (broad SMARTS) is 1. The van der Waals surface area contributed by atoms with Crippen LogP contribution in [0.1, 0.15) is 59.3 Å². The molecular formula is C19H32N2O6. The Kier molecular flexibility index (Phi) is 8.75. The average Bonchev–Trinajstić information content (AvgIpc) is 2.93. The molecule has 0 aromatic carbocycles. The van der Waals surface area contributed by atoms with E-state index >= 15 is 0 Å². The number of amides is 2. The van der Waals surface area contributed by atoms with Gasteiger partial charge < -0.3 is 25.2 Å². The first kappa shape index (κ1) is 23.0. The highest BCUT2D eigenvalue weighted by molar-refractivity contribution is 5.89. The number of aliphatic hydroxyl groups is 1. The molecule has 0 bridgehead atoms. The number of β-amino-alcohol motifs (C(OH)–C–C–N with tert-alkyl or cyclic N) is 1. The van der Waals surface area contributed by atoms with Crippen LogP contribution in [-0.2, 0) is 14.3 Å². The molecule has 0 aromatic rings. The lowest BCUT2D eigenvalue weighted by Gasteiger charge is -2.28. The summed E-state index contributed by atoms with van der Waals surface area (Å²) in [7, 11) is 0. The van der Waals surface area contributed by atoms with Crippen LogP contribution in [-0.4, -0.2) is 63.4 Å². The lowest BCUT2D eigenvalue weighted by atomic mass is 10.1. The second-order valence-corrected chi connectivity index (χ2v) is 7.86. The van der Waals surface area contributed by atoms with Crippen LogP contribution >= 0.6 is 0 Å². The number of nitrogens with one attached hydrogen (secondary N) is 1. The predicted molar refractivity (Wildman–Crippen MR) is 100 cm³/mol. The maximum Gasteiger partial charge on any atom is 0.408 e. The molecule has 1 aliphatic rings. The smallest absolute Gasteiger partial charge is 0.408 e. The number of allylic oxidation sites excluding steroid dienone is 1. The van der Waals surface area contributed by atoms with Crippen molar-refractivity contribution >= 4 is 18.0 Å². The van der Waals surface area contributed by atoms with E-state index in [0.29, 0.717) is 12.8 Å². The SMILES string of the molecule is C=CCCCCC[C@H](NC(=O)OC(C)(C)C)C(=O)N1C[C@H](O)CC1C(=O)O. The van der Waals surface area contributed by atoms with E-state index in [9.17, 15) is 24.6 Å². The summed E-state index contributed by atoms with van der Waals surface area (Å²) < 4.78 is 5.22. The number of ether oxygens (including phenoxy) is 1. The maximum absolute atomic E-state index is 12.9. The molecule has 3 atom stereocenters. The van der Waals surface area contributed by atoms with Crippen LogP contribution in [0.3, 0.4) is 0 Å². The summed E-state index contributed by atoms with van der Waals surface area (Å²) in [5, 5.41) is 21.7. The summed E-state index contributed by atoms with van der Waals surface area (Å²) in [6, 6.07) is -1.98. The van der Waals surface area contributed by atoms with Gasteiger partial charge in [-0.15, -0.1) is 6.58 Å². The molecule has 1 aliphatic heterocycles. The Bertz CT molecular complexity index is 543. The van der Waals surface area contributed by atoms with Crippen molar-refractivity contribution in [3.8, 4) is 0 Å². The van der Waals surface area contributed by atoms with Crippen LogP contribution in [0.2, 0.25) is 0 Å². The molecule has 1 saturated heterocycles. The molecule has 3 N–H and O–H groups in total. The van der Waals surface area contributed by atoms with Gasteiger partial charge >= 0.3 is 12.1 Å². The van der Waals surface area contributed by atoms with Crippen molar-refractivity contribution < 1.29 is 29.3 Å². The first-order valence-corrected chi connectivity index (χ1v) is 9.37. The van der Waals surface area contributed by atoms with Gasteiger partial charge in [0, 0.05) is 13.0 Å². The minimum Gasteiger partial charge on any atom is -0.480 e. The fourth-order valence-corrected chi connectivity index (χ4v) is 3.01. The van der Waals surface area contributed by atoms with Gasteiger partial charge in [-0.25, -0.2) is 9.59 Å². The van der Waals surface area contributed by atoms with Gasteiger partial charge in [-0.2, -0.15) is 0 Å². The molecule has 1 heterocycles. The molecule has 0 spiro atoms. The molecule has 1 unspecified atom stereocenters. The summed E-state index contributed by atoms with van der Waals surface area (Å²) in [6.07, 6.45) is 3.92. The number of nitrogens with zero attached hydrogens (tertiary/aromatic N) is 1. The second-order valence-electron chi connectivity index (χ2n) is 7.86. The van der Waals surface area contributed by atoms with Gasteiger partial charge in [-0.1, -0.05) is 18.9 Å². The van der Waals surface area contributed by atoms with Crippen LogP contribution in [0.15, 0.2) is 12.7 Å². The van der Waals surface area contributed by atoms with E-state index in [0.717, 1.165) is 24.2 Å². The molecule has 8 nitrogen and oxygen atoms in total. The normalized spacial score (nSPS) is 20.8. The summed E-state index contributed by atoms with van der Waals surface area (Å²) in [5.74, 6) is -1.67. The minimum atomic E-state index is -1.16. The molecule has 154 valence electrons. The third-order valence-corrected chi connectivity index (χ3v) is 4.24. The van der Waals surface area contributed by atoms with Crippen LogP contribution in [0.4, 0.5) is 4.79 Å². The van der Waals surface area contributed by atoms with Gasteiger partial charge in [-0.3, -0.25) is 4.79 Å². The molecule has 0 aliphatic carbocycles. The Hall–Kier alpha value is -2.09. The number of unbranched alkanes of at least 4 members (excludes halogenated alkanes) is 3. The zero-order valence-electron chi connectivity index (χ0n) is 16.4. The number of rotatable bonds is 9. The zero-order valence-corrected chi connectivity index (χ0v) is 16.4. The summed E-state index contributed by atoms with van der Waals surface area (Å²) in [6.45, 7) is 8.76. The van der Waals surface area contributed by atoms with Crippen LogP contribution in [0.5, 0.6) is 0 Å². The number of alkyl carbamates (subject to hydrolysis) is 1. The third-order valence-electron chi connectivity index (χ3n) is 4.24. The highest BCUT2D eigenvalue weighted by Crippen LogP contribution is 2.21. The number of hydrogen-bond acceptors (Lipinski definition) is 5. The zero-order chi connectivity index (χ0) is 20.6. The van der Waals surface area contributed by atoms with Gasteiger partial charge in [0.05, 0.1) is 6.10 Å². The van der Waals surface area contributed by atoms with Gasteiger partial charge in [-0.05, 0) is 40.0 Å². The van der Waals surface area contributed by atoms with Crippen molar-refractivity contribution in [3.63, 3.8) is 0 Å². The number of likely N-dealkylation sites (tertiary alicyclic amines) is 1. The van der Waals surface area contributed by atoms with Gasteiger partial charge in [0.1, 0.15) is 17.7 Å². The number of hydrogen-bond donors (Lipinski definition) is 3. The van der Waals surface area contributed by atoms with E-state index in [1.54, 1.807) is 20.8 Å². The molecule has 2 amide bonds. The highest BCUT2D eigenvalue weighted by Gasteiger charge is 2.41. The molecule has 8 heteroatoms. The lowest BCUT2D eigenvalue weighted by Crippen LogP contribution is -2.52. The molecule has 1 fully saturated rings. The fourth-order valence-electron chi connectivity index (χ4n) is 3.01. The number of aliphatic hydroxyl groups excluding tert-OH is 1. The quantitative estimate of drug-likeness (QED) is 0.414. The molecular weight excluding hydrogens is 352 g/mol. The lowest BCUT2D eigenvalue weighted by molar-refractivity contribution is -0.149. The molecule has 0 aromatic heterocycles. The Morgan fingerprint density at radius 2 is 1.96 bits per heavy atom. The van der Waals surface area contributed by atoms with E-state index in [1.165, 1.54) is 0 Å². The van der Waals surface area contributed by atoms with E-state index in [1.807, 2.05) is 6.08 Å². The molecule has 1 rings (SSSR count). The number of carboxylic acids is 1. The van der Waals surface area contributed by atoms with Crippen LogP contribution in [0, 0.1) is 0 Å². The first-order valence-electron chi connectivity index (χ1n) is 9.37. The Morgan fingerprint density at radius 3 is 2.52 bits per heavy atom. The van der Waals surface area contributed by atoms with Crippen molar-refractivity contribution in [1.82, 2.24) is 10.2 Å². The van der Waals surface area contributed by atoms with Gasteiger partial charge in [0.2, 0.25) is 5.91 Å². The molecule has 0 saturated carbocycles. The maximum atomic E-state index is 12.9. The average molecular weight is 384 g/mol. The Morgan fingerprint density at radius 1 is 1.30 bits per heavy atom. The summed E-state index contributed by atoms with van der Waals surface area (Å²) in [4.78, 5) is 37.6. The van der Waals surface area contributed by atoms with E-state index in [2.05, 4.69) is 11.9 Å². The summed E-state index contributed by atoms with van der Waals surface area (Å²) >= 11 is 0.